The van der Waals surface area contributed by atoms with Crippen molar-refractivity contribution in [2.24, 2.45) is 4.99 Å². The minimum Gasteiger partial charge on any atom is -0.334 e. The fourth-order valence-electron chi connectivity index (χ4n) is 2.43. The molecule has 0 fully saturated rings. The zero-order valence-electron chi connectivity index (χ0n) is 10.5. The summed E-state index contributed by atoms with van der Waals surface area (Å²) in [6, 6.07) is 16.5. The minimum atomic E-state index is -1.26. The molecular formula is C15H13N3S. The third-order valence-electron chi connectivity index (χ3n) is 3.49. The number of nitrogens with one attached hydrogen (secondary N) is 1. The van der Waals surface area contributed by atoms with Crippen molar-refractivity contribution in [1.82, 2.24) is 9.97 Å². The number of hydrogen-bond acceptors (Lipinski definition) is 2. The van der Waals surface area contributed by atoms with Gasteiger partial charge in [0, 0.05) is 4.90 Å². The highest BCUT2D eigenvalue weighted by molar-refractivity contribution is 8.43. The Bertz CT molecular complexity index is 773. The van der Waals surface area contributed by atoms with Crippen molar-refractivity contribution in [3.63, 3.8) is 0 Å². The lowest BCUT2D eigenvalue weighted by atomic mass is 10.3. The molecule has 0 radical (unpaired) electrons. The average Bonchev–Trinajstić information content (AvgIpc) is 3.02. The number of fused-ring (bicyclic) bond motifs is 2. The van der Waals surface area contributed by atoms with Crippen LogP contribution in [0.5, 0.6) is 0 Å². The van der Waals surface area contributed by atoms with Gasteiger partial charge in [0.15, 0.2) is 5.16 Å². The number of imidazole rings is 1. The topological polar surface area (TPSA) is 41.0 Å². The van der Waals surface area contributed by atoms with Crippen molar-refractivity contribution in [1.29, 1.82) is 0 Å². The van der Waals surface area contributed by atoms with Gasteiger partial charge in [-0.15, -0.1) is 10.0 Å². The molecule has 1 atom stereocenters. The first-order valence-electron chi connectivity index (χ1n) is 6.14. The van der Waals surface area contributed by atoms with Crippen LogP contribution in [0.25, 0.3) is 11.0 Å². The molecule has 0 amide bonds. The molecule has 19 heavy (non-hydrogen) atoms. The maximum atomic E-state index is 4.76. The predicted octanol–water partition coefficient (Wildman–Crippen LogP) is 4.09. The van der Waals surface area contributed by atoms with Gasteiger partial charge >= 0.3 is 0 Å². The maximum Gasteiger partial charge on any atom is 0.157 e. The first-order valence-corrected chi connectivity index (χ1v) is 8.24. The first kappa shape index (κ1) is 10.8. The number of rotatable bonds is 1. The van der Waals surface area contributed by atoms with Gasteiger partial charge in [-0.3, -0.25) is 0 Å². The molecule has 1 unspecified atom stereocenters. The number of aromatic amines is 1. The van der Waals surface area contributed by atoms with E-state index in [4.69, 9.17) is 4.98 Å². The number of H-pyrrole nitrogens is 1. The van der Waals surface area contributed by atoms with Gasteiger partial charge in [-0.2, -0.15) is 0 Å². The number of benzene rings is 2. The summed E-state index contributed by atoms with van der Waals surface area (Å²) in [6.07, 6.45) is 2.24. The van der Waals surface area contributed by atoms with Crippen LogP contribution in [0.1, 0.15) is 0 Å². The molecule has 1 aromatic heterocycles. The van der Waals surface area contributed by atoms with Gasteiger partial charge < -0.3 is 4.98 Å². The molecule has 4 heteroatoms. The summed E-state index contributed by atoms with van der Waals surface area (Å²) >= 11 is 0. The van der Waals surface area contributed by atoms with Crippen LogP contribution in [0, 0.1) is 0 Å². The SMILES string of the molecule is CS1(c2nc3ccccc3[nH]2)C=Nc2ccccc21. The summed E-state index contributed by atoms with van der Waals surface area (Å²) in [6.45, 7) is 0. The molecule has 0 aliphatic carbocycles. The molecule has 0 saturated carbocycles. The van der Waals surface area contributed by atoms with E-state index in [1.807, 2.05) is 24.3 Å². The Morgan fingerprint density at radius 1 is 1.00 bits per heavy atom. The van der Waals surface area contributed by atoms with E-state index in [1.54, 1.807) is 0 Å². The first-order chi connectivity index (χ1) is 9.27. The Morgan fingerprint density at radius 2 is 1.79 bits per heavy atom. The highest BCUT2D eigenvalue weighted by Gasteiger charge is 2.31. The van der Waals surface area contributed by atoms with E-state index in [0.29, 0.717) is 0 Å². The summed E-state index contributed by atoms with van der Waals surface area (Å²) in [7, 11) is -1.26. The predicted molar refractivity (Wildman–Crippen MR) is 80.7 cm³/mol. The summed E-state index contributed by atoms with van der Waals surface area (Å²) in [5, 5.41) is 1.03. The van der Waals surface area contributed by atoms with Crippen LogP contribution in [0.15, 0.2) is 63.6 Å². The maximum absolute atomic E-state index is 4.76. The van der Waals surface area contributed by atoms with E-state index < -0.39 is 10.0 Å². The fourth-order valence-corrected chi connectivity index (χ4v) is 4.70. The van der Waals surface area contributed by atoms with Crippen molar-refractivity contribution in [2.45, 2.75) is 10.1 Å². The molecule has 0 bridgehead atoms. The van der Waals surface area contributed by atoms with E-state index in [1.165, 1.54) is 4.90 Å². The number of para-hydroxylation sites is 3. The van der Waals surface area contributed by atoms with Crippen LogP contribution >= 0.6 is 10.0 Å². The summed E-state index contributed by atoms with van der Waals surface area (Å²) in [4.78, 5) is 14.0. The zero-order chi connectivity index (χ0) is 12.9. The average molecular weight is 267 g/mol. The highest BCUT2D eigenvalue weighted by Crippen LogP contribution is 2.62. The van der Waals surface area contributed by atoms with E-state index >= 15 is 0 Å². The van der Waals surface area contributed by atoms with Crippen LogP contribution in [0.4, 0.5) is 5.69 Å². The van der Waals surface area contributed by atoms with E-state index in [2.05, 4.69) is 46.0 Å². The van der Waals surface area contributed by atoms with Crippen molar-refractivity contribution in [2.75, 3.05) is 6.26 Å². The lowest BCUT2D eigenvalue weighted by Crippen LogP contribution is -1.99. The van der Waals surface area contributed by atoms with Crippen LogP contribution in [0.3, 0.4) is 0 Å². The third kappa shape index (κ3) is 1.47. The van der Waals surface area contributed by atoms with Crippen LogP contribution in [-0.4, -0.2) is 21.8 Å². The van der Waals surface area contributed by atoms with Gasteiger partial charge in [-0.25, -0.2) is 9.98 Å². The molecule has 0 saturated heterocycles. The molecule has 0 spiro atoms. The molecule has 1 aliphatic rings. The molecule has 4 rings (SSSR count). The van der Waals surface area contributed by atoms with Gasteiger partial charge in [-0.05, 0) is 30.5 Å². The Hall–Kier alpha value is -2.07. The molecule has 2 aromatic carbocycles. The minimum absolute atomic E-state index is 1.02. The Kier molecular flexibility index (Phi) is 2.11. The summed E-state index contributed by atoms with van der Waals surface area (Å²) in [5.41, 5.74) is 5.24. The Balaban J connectivity index is 1.95. The number of aromatic nitrogens is 2. The summed E-state index contributed by atoms with van der Waals surface area (Å²) in [5.74, 6) is 0. The normalized spacial score (nSPS) is 24.3. The Morgan fingerprint density at radius 3 is 2.68 bits per heavy atom. The number of nitrogens with zero attached hydrogens (tertiary/aromatic N) is 2. The molecule has 3 aromatic rings. The molecule has 94 valence electrons. The van der Waals surface area contributed by atoms with Gasteiger partial charge in [0.2, 0.25) is 0 Å². The largest absolute Gasteiger partial charge is 0.334 e. The molecule has 3 nitrogen and oxygen atoms in total. The lowest BCUT2D eigenvalue weighted by Gasteiger charge is -2.25. The van der Waals surface area contributed by atoms with Crippen molar-refractivity contribution in [3.05, 3.63) is 48.5 Å². The smallest absolute Gasteiger partial charge is 0.157 e. The lowest BCUT2D eigenvalue weighted by molar-refractivity contribution is 1.07. The fraction of sp³-hybridized carbons (Fsp3) is 0.0667. The van der Waals surface area contributed by atoms with E-state index in [9.17, 15) is 0 Å². The van der Waals surface area contributed by atoms with Gasteiger partial charge in [0.05, 0.1) is 22.3 Å². The van der Waals surface area contributed by atoms with Crippen LogP contribution in [-0.2, 0) is 0 Å². The molecule has 2 heterocycles. The zero-order valence-corrected chi connectivity index (χ0v) is 11.3. The molecule has 1 aliphatic heterocycles. The quantitative estimate of drug-likeness (QED) is 0.709. The van der Waals surface area contributed by atoms with E-state index in [0.717, 1.165) is 21.9 Å². The number of hydrogen-bond donors (Lipinski definition) is 1. The second kappa shape index (κ2) is 3.71. The summed E-state index contributed by atoms with van der Waals surface area (Å²) < 4.78 is 0. The molecule has 1 N–H and O–H groups in total. The van der Waals surface area contributed by atoms with Crippen LogP contribution < -0.4 is 0 Å². The monoisotopic (exact) mass is 267 g/mol. The van der Waals surface area contributed by atoms with Crippen molar-refractivity contribution in [3.8, 4) is 0 Å². The second-order valence-corrected chi connectivity index (χ2v) is 7.74. The number of aliphatic imine (C=N–C) groups is 1. The Labute approximate surface area is 112 Å². The highest BCUT2D eigenvalue weighted by atomic mass is 32.3. The third-order valence-corrected chi connectivity index (χ3v) is 6.28. The van der Waals surface area contributed by atoms with E-state index in [-0.39, 0.29) is 0 Å². The van der Waals surface area contributed by atoms with Crippen LogP contribution in [0.2, 0.25) is 0 Å². The molecular weight excluding hydrogens is 254 g/mol. The van der Waals surface area contributed by atoms with Gasteiger partial charge in [-0.1, -0.05) is 24.3 Å². The van der Waals surface area contributed by atoms with Gasteiger partial charge in [0.25, 0.3) is 0 Å². The van der Waals surface area contributed by atoms with Crippen molar-refractivity contribution >= 4 is 32.3 Å². The second-order valence-electron chi connectivity index (χ2n) is 4.74. The van der Waals surface area contributed by atoms with Gasteiger partial charge in [0.1, 0.15) is 0 Å². The van der Waals surface area contributed by atoms with Crippen molar-refractivity contribution < 1.29 is 0 Å². The standard InChI is InChI=1S/C15H13N3S/c1-19(10-16-13-8-4-5-9-14(13)19)15-17-11-6-2-3-7-12(11)18-15/h2-10H,1H3,(H,17,18).